The van der Waals surface area contributed by atoms with Gasteiger partial charge in [0.15, 0.2) is 5.16 Å². The first-order valence-corrected chi connectivity index (χ1v) is 10.4. The number of carbonyl (C=O) groups excluding carboxylic acids is 1. The molecule has 0 aliphatic heterocycles. The molecule has 3 rings (SSSR count). The first kappa shape index (κ1) is 20.9. The summed E-state index contributed by atoms with van der Waals surface area (Å²) in [7, 11) is 0. The average Bonchev–Trinajstić information content (AvgIpc) is 2.69. The summed E-state index contributed by atoms with van der Waals surface area (Å²) in [4.78, 5) is 29.9. The molecule has 6 nitrogen and oxygen atoms in total. The molecular formula is C21H19ClN4O2S. The Bertz CT molecular complexity index is 1170. The Morgan fingerprint density at radius 3 is 2.79 bits per heavy atom. The maximum atomic E-state index is 12.9. The third kappa shape index (κ3) is 4.97. The van der Waals surface area contributed by atoms with Crippen LogP contribution in [-0.4, -0.2) is 21.2 Å². The van der Waals surface area contributed by atoms with Crippen LogP contribution in [0.25, 0.3) is 10.9 Å². The second kappa shape index (κ2) is 9.12. The number of amides is 1. The number of anilines is 1. The van der Waals surface area contributed by atoms with Crippen molar-refractivity contribution >= 4 is 45.9 Å². The van der Waals surface area contributed by atoms with E-state index < -0.39 is 0 Å². The minimum Gasteiger partial charge on any atom is -0.324 e. The lowest BCUT2D eigenvalue weighted by molar-refractivity contribution is -0.113. The normalized spacial score (nSPS) is 10.9. The first-order chi connectivity index (χ1) is 13.9. The van der Waals surface area contributed by atoms with Crippen molar-refractivity contribution in [2.24, 2.45) is 5.92 Å². The molecule has 0 spiro atoms. The third-order valence-corrected chi connectivity index (χ3v) is 5.29. The van der Waals surface area contributed by atoms with Gasteiger partial charge in [-0.15, -0.1) is 0 Å². The lowest BCUT2D eigenvalue weighted by Crippen LogP contribution is -2.26. The molecule has 0 aliphatic carbocycles. The molecule has 2 aromatic carbocycles. The lowest BCUT2D eigenvalue weighted by atomic mass is 10.2. The Kier molecular flexibility index (Phi) is 6.57. The Morgan fingerprint density at radius 1 is 1.31 bits per heavy atom. The highest BCUT2D eigenvalue weighted by Gasteiger charge is 2.15. The quantitative estimate of drug-likeness (QED) is 0.468. The van der Waals surface area contributed by atoms with E-state index >= 15 is 0 Å². The third-order valence-electron chi connectivity index (χ3n) is 4.08. The maximum absolute atomic E-state index is 12.9. The van der Waals surface area contributed by atoms with Crippen molar-refractivity contribution in [1.29, 1.82) is 5.26 Å². The molecule has 1 heterocycles. The number of halogens is 1. The number of fused-ring (bicyclic) bond motifs is 1. The molecule has 0 aliphatic rings. The van der Waals surface area contributed by atoms with E-state index in [2.05, 4.69) is 10.3 Å². The predicted octanol–water partition coefficient (Wildman–Crippen LogP) is 4.31. The van der Waals surface area contributed by atoms with Crippen molar-refractivity contribution in [3.8, 4) is 6.07 Å². The van der Waals surface area contributed by atoms with Crippen LogP contribution in [0.3, 0.4) is 0 Å². The molecule has 0 fully saturated rings. The Balaban J connectivity index is 1.84. The summed E-state index contributed by atoms with van der Waals surface area (Å²) < 4.78 is 1.62. The lowest BCUT2D eigenvalue weighted by Gasteiger charge is -2.15. The van der Waals surface area contributed by atoms with Crippen LogP contribution in [0.15, 0.2) is 52.4 Å². The fraction of sp³-hybridized carbons (Fsp3) is 0.238. The molecule has 1 amide bonds. The molecule has 1 N–H and O–H groups in total. The van der Waals surface area contributed by atoms with Crippen LogP contribution in [0.5, 0.6) is 0 Å². The van der Waals surface area contributed by atoms with Crippen LogP contribution < -0.4 is 10.9 Å². The van der Waals surface area contributed by atoms with Gasteiger partial charge in [-0.25, -0.2) is 4.98 Å². The van der Waals surface area contributed by atoms with Gasteiger partial charge in [-0.1, -0.05) is 49.3 Å². The monoisotopic (exact) mass is 426 g/mol. The van der Waals surface area contributed by atoms with Gasteiger partial charge >= 0.3 is 0 Å². The minimum atomic E-state index is -0.313. The standard InChI is InChI=1S/C21H19ClN4O2S/c1-13(2)11-26-20(28)16-5-3-4-6-17(16)25-21(26)29-12-19(27)24-18-9-15(22)8-7-14(18)10-23/h3-9,13H,11-12H2,1-2H3,(H,24,27). The Labute approximate surface area is 177 Å². The van der Waals surface area contributed by atoms with E-state index in [0.717, 1.165) is 0 Å². The zero-order valence-corrected chi connectivity index (χ0v) is 17.5. The second-order valence-electron chi connectivity index (χ2n) is 6.86. The summed E-state index contributed by atoms with van der Waals surface area (Å²) in [6.07, 6.45) is 0. The van der Waals surface area contributed by atoms with Crippen molar-refractivity contribution in [2.75, 3.05) is 11.1 Å². The molecule has 1 aromatic heterocycles. The zero-order chi connectivity index (χ0) is 21.0. The van der Waals surface area contributed by atoms with Gasteiger partial charge in [0, 0.05) is 11.6 Å². The van der Waals surface area contributed by atoms with Gasteiger partial charge in [-0.3, -0.25) is 14.2 Å². The van der Waals surface area contributed by atoms with Gasteiger partial charge in [0.2, 0.25) is 5.91 Å². The molecule has 0 atom stereocenters. The number of para-hydroxylation sites is 1. The van der Waals surface area contributed by atoms with E-state index in [1.165, 1.54) is 17.8 Å². The van der Waals surface area contributed by atoms with E-state index in [-0.39, 0.29) is 23.1 Å². The first-order valence-electron chi connectivity index (χ1n) is 9.01. The number of nitrogens with zero attached hydrogens (tertiary/aromatic N) is 3. The molecule has 0 unspecified atom stereocenters. The van der Waals surface area contributed by atoms with Gasteiger partial charge in [0.05, 0.1) is 27.9 Å². The van der Waals surface area contributed by atoms with Crippen molar-refractivity contribution < 1.29 is 4.79 Å². The number of hydrogen-bond acceptors (Lipinski definition) is 5. The molecule has 0 saturated heterocycles. The van der Waals surface area contributed by atoms with Crippen LogP contribution in [-0.2, 0) is 11.3 Å². The number of rotatable bonds is 6. The van der Waals surface area contributed by atoms with Crippen molar-refractivity contribution in [3.05, 3.63) is 63.4 Å². The van der Waals surface area contributed by atoms with Crippen LogP contribution >= 0.6 is 23.4 Å². The largest absolute Gasteiger partial charge is 0.324 e. The summed E-state index contributed by atoms with van der Waals surface area (Å²) in [5.41, 5.74) is 1.17. The van der Waals surface area contributed by atoms with E-state index in [1.807, 2.05) is 32.0 Å². The summed E-state index contributed by atoms with van der Waals surface area (Å²) in [5.74, 6) is -0.0268. The molecule has 29 heavy (non-hydrogen) atoms. The van der Waals surface area contributed by atoms with E-state index in [4.69, 9.17) is 11.6 Å². The Hall–Kier alpha value is -2.82. The number of hydrogen-bond donors (Lipinski definition) is 1. The zero-order valence-electron chi connectivity index (χ0n) is 16.0. The Morgan fingerprint density at radius 2 is 2.07 bits per heavy atom. The number of carbonyl (C=O) groups is 1. The molecule has 8 heteroatoms. The van der Waals surface area contributed by atoms with E-state index in [1.54, 1.807) is 28.8 Å². The predicted molar refractivity (Wildman–Crippen MR) is 116 cm³/mol. The van der Waals surface area contributed by atoms with Gasteiger partial charge in [-0.05, 0) is 36.2 Å². The smallest absolute Gasteiger partial charge is 0.262 e. The van der Waals surface area contributed by atoms with Crippen molar-refractivity contribution in [3.63, 3.8) is 0 Å². The minimum absolute atomic E-state index is 0.0419. The number of nitriles is 1. The fourth-order valence-electron chi connectivity index (χ4n) is 2.82. The van der Waals surface area contributed by atoms with Gasteiger partial charge in [-0.2, -0.15) is 5.26 Å². The van der Waals surface area contributed by atoms with Crippen molar-refractivity contribution in [2.45, 2.75) is 25.5 Å². The number of aromatic nitrogens is 2. The van der Waals surface area contributed by atoms with Crippen LogP contribution in [0.1, 0.15) is 19.4 Å². The molecule has 0 saturated carbocycles. The molecule has 3 aromatic rings. The van der Waals surface area contributed by atoms with Crippen LogP contribution in [0.4, 0.5) is 5.69 Å². The molecule has 0 bridgehead atoms. The fourth-order valence-corrected chi connectivity index (χ4v) is 3.80. The molecular weight excluding hydrogens is 408 g/mol. The summed E-state index contributed by atoms with van der Waals surface area (Å²) in [5, 5.41) is 13.4. The second-order valence-corrected chi connectivity index (χ2v) is 8.24. The maximum Gasteiger partial charge on any atom is 0.262 e. The molecule has 0 radical (unpaired) electrons. The van der Waals surface area contributed by atoms with E-state index in [0.29, 0.717) is 38.9 Å². The number of benzene rings is 2. The van der Waals surface area contributed by atoms with Crippen LogP contribution in [0.2, 0.25) is 5.02 Å². The summed E-state index contributed by atoms with van der Waals surface area (Å²) in [6, 6.07) is 13.9. The van der Waals surface area contributed by atoms with E-state index in [9.17, 15) is 14.9 Å². The van der Waals surface area contributed by atoms with Gasteiger partial charge < -0.3 is 5.32 Å². The summed E-state index contributed by atoms with van der Waals surface area (Å²) >= 11 is 7.15. The number of nitrogens with one attached hydrogen (secondary N) is 1. The number of thioether (sulfide) groups is 1. The average molecular weight is 427 g/mol. The SMILES string of the molecule is CC(C)Cn1c(SCC(=O)Nc2cc(Cl)ccc2C#N)nc2ccccc2c1=O. The highest BCUT2D eigenvalue weighted by atomic mass is 35.5. The van der Waals surface area contributed by atoms with Crippen molar-refractivity contribution in [1.82, 2.24) is 9.55 Å². The highest BCUT2D eigenvalue weighted by Crippen LogP contribution is 2.22. The topological polar surface area (TPSA) is 87.8 Å². The highest BCUT2D eigenvalue weighted by molar-refractivity contribution is 7.99. The van der Waals surface area contributed by atoms with Crippen LogP contribution in [0, 0.1) is 17.2 Å². The summed E-state index contributed by atoms with van der Waals surface area (Å²) in [6.45, 7) is 4.55. The van der Waals surface area contributed by atoms with Gasteiger partial charge in [0.25, 0.3) is 5.56 Å². The van der Waals surface area contributed by atoms with Gasteiger partial charge in [0.1, 0.15) is 6.07 Å². The molecule has 148 valence electrons.